The van der Waals surface area contributed by atoms with Gasteiger partial charge in [0.2, 0.25) is 0 Å². The lowest BCUT2D eigenvalue weighted by Crippen LogP contribution is -2.38. The summed E-state index contributed by atoms with van der Waals surface area (Å²) in [5.74, 6) is 0.941. The van der Waals surface area contributed by atoms with Crippen molar-refractivity contribution in [1.82, 2.24) is 4.90 Å². The van der Waals surface area contributed by atoms with Gasteiger partial charge in [-0.05, 0) is 49.4 Å². The summed E-state index contributed by atoms with van der Waals surface area (Å²) in [6, 6.07) is 9.07. The van der Waals surface area contributed by atoms with E-state index in [1.807, 2.05) is 0 Å². The molecule has 20 heavy (non-hydrogen) atoms. The molecule has 1 saturated heterocycles. The van der Waals surface area contributed by atoms with E-state index >= 15 is 0 Å². The van der Waals surface area contributed by atoms with Crippen molar-refractivity contribution in [1.29, 1.82) is 0 Å². The Labute approximate surface area is 124 Å². The average Bonchev–Trinajstić information content (AvgIpc) is 2.49. The smallest absolute Gasteiger partial charge is 0.0424 e. The molecule has 1 atom stereocenters. The van der Waals surface area contributed by atoms with E-state index in [1.54, 1.807) is 0 Å². The summed E-state index contributed by atoms with van der Waals surface area (Å²) < 4.78 is 0. The van der Waals surface area contributed by atoms with Crippen LogP contribution in [0.4, 0.5) is 0 Å². The van der Waals surface area contributed by atoms with Gasteiger partial charge in [-0.1, -0.05) is 51.0 Å². The molecule has 1 aliphatic rings. The first-order valence-electron chi connectivity index (χ1n) is 8.29. The van der Waals surface area contributed by atoms with E-state index in [-0.39, 0.29) is 6.04 Å². The van der Waals surface area contributed by atoms with E-state index in [9.17, 15) is 0 Å². The summed E-state index contributed by atoms with van der Waals surface area (Å²) in [7, 11) is 0. The molecular formula is C18H30N2. The first-order chi connectivity index (χ1) is 9.72. The van der Waals surface area contributed by atoms with Gasteiger partial charge in [-0.3, -0.25) is 0 Å². The third kappa shape index (κ3) is 4.32. The molecule has 112 valence electrons. The largest absolute Gasteiger partial charge is 0.323 e. The van der Waals surface area contributed by atoms with Gasteiger partial charge >= 0.3 is 0 Å². The van der Waals surface area contributed by atoms with Gasteiger partial charge in [0.05, 0.1) is 0 Å². The van der Waals surface area contributed by atoms with Crippen LogP contribution in [0.1, 0.15) is 56.7 Å². The first kappa shape index (κ1) is 15.5. The summed E-state index contributed by atoms with van der Waals surface area (Å²) in [6.45, 7) is 7.98. The van der Waals surface area contributed by atoms with Crippen LogP contribution >= 0.6 is 0 Å². The van der Waals surface area contributed by atoms with Crippen LogP contribution < -0.4 is 5.73 Å². The SMILES string of the molecule is CCCc1ccc(C(N)CN2CCC(CC)CC2)cc1. The van der Waals surface area contributed by atoms with E-state index in [4.69, 9.17) is 5.73 Å². The number of hydrogen-bond donors (Lipinski definition) is 1. The molecule has 1 unspecified atom stereocenters. The quantitative estimate of drug-likeness (QED) is 0.856. The predicted octanol–water partition coefficient (Wildman–Crippen LogP) is 3.76. The van der Waals surface area contributed by atoms with Crippen LogP contribution in [0.3, 0.4) is 0 Å². The molecule has 2 heteroatoms. The third-order valence-corrected chi connectivity index (χ3v) is 4.69. The predicted molar refractivity (Wildman–Crippen MR) is 86.8 cm³/mol. The number of nitrogens with zero attached hydrogens (tertiary/aromatic N) is 1. The maximum absolute atomic E-state index is 6.38. The van der Waals surface area contributed by atoms with Crippen LogP contribution in [0.25, 0.3) is 0 Å². The van der Waals surface area contributed by atoms with Crippen molar-refractivity contribution in [2.24, 2.45) is 11.7 Å². The molecule has 2 nitrogen and oxygen atoms in total. The molecule has 0 spiro atoms. The molecule has 2 N–H and O–H groups in total. The third-order valence-electron chi connectivity index (χ3n) is 4.69. The number of nitrogens with two attached hydrogens (primary N) is 1. The summed E-state index contributed by atoms with van der Waals surface area (Å²) in [5.41, 5.74) is 9.08. The zero-order valence-corrected chi connectivity index (χ0v) is 13.1. The fourth-order valence-corrected chi connectivity index (χ4v) is 3.18. The van der Waals surface area contributed by atoms with Crippen LogP contribution in [0.5, 0.6) is 0 Å². The molecule has 0 bridgehead atoms. The number of piperidine rings is 1. The average molecular weight is 274 g/mol. The molecular weight excluding hydrogens is 244 g/mol. The lowest BCUT2D eigenvalue weighted by molar-refractivity contribution is 0.173. The molecule has 1 fully saturated rings. The standard InChI is InChI=1S/C18H30N2/c1-3-5-16-6-8-17(9-7-16)18(19)14-20-12-10-15(4-2)11-13-20/h6-9,15,18H,3-5,10-14,19H2,1-2H3. The Balaban J connectivity index is 1.83. The van der Waals surface area contributed by atoms with E-state index < -0.39 is 0 Å². The highest BCUT2D eigenvalue weighted by Gasteiger charge is 2.19. The van der Waals surface area contributed by atoms with Crippen molar-refractivity contribution >= 4 is 0 Å². The molecule has 0 aliphatic carbocycles. The van der Waals surface area contributed by atoms with Crippen molar-refractivity contribution in [2.75, 3.05) is 19.6 Å². The van der Waals surface area contributed by atoms with Crippen LogP contribution in [-0.4, -0.2) is 24.5 Å². The fraction of sp³-hybridized carbons (Fsp3) is 0.667. The Bertz CT molecular complexity index is 377. The Hall–Kier alpha value is -0.860. The number of likely N-dealkylation sites (tertiary alicyclic amines) is 1. The van der Waals surface area contributed by atoms with Crippen molar-refractivity contribution in [3.63, 3.8) is 0 Å². The summed E-state index contributed by atoms with van der Waals surface area (Å²) in [6.07, 6.45) is 6.40. The first-order valence-corrected chi connectivity index (χ1v) is 8.29. The molecule has 2 rings (SSSR count). The topological polar surface area (TPSA) is 29.3 Å². The normalized spacial score (nSPS) is 19.1. The molecule has 0 aromatic heterocycles. The van der Waals surface area contributed by atoms with E-state index in [0.29, 0.717) is 0 Å². The van der Waals surface area contributed by atoms with Gasteiger partial charge in [0, 0.05) is 12.6 Å². The van der Waals surface area contributed by atoms with Crippen LogP contribution in [0.2, 0.25) is 0 Å². The van der Waals surface area contributed by atoms with Gasteiger partial charge < -0.3 is 10.6 Å². The number of rotatable bonds is 6. The van der Waals surface area contributed by atoms with Crippen molar-refractivity contribution in [2.45, 2.75) is 52.0 Å². The van der Waals surface area contributed by atoms with Gasteiger partial charge in [0.25, 0.3) is 0 Å². The highest BCUT2D eigenvalue weighted by molar-refractivity contribution is 5.25. The number of aryl methyl sites for hydroxylation is 1. The second-order valence-corrected chi connectivity index (χ2v) is 6.25. The highest BCUT2D eigenvalue weighted by atomic mass is 15.1. The molecule has 0 amide bonds. The van der Waals surface area contributed by atoms with Crippen molar-refractivity contribution < 1.29 is 0 Å². The maximum Gasteiger partial charge on any atom is 0.0424 e. The highest BCUT2D eigenvalue weighted by Crippen LogP contribution is 2.22. The molecule has 1 aromatic rings. The monoisotopic (exact) mass is 274 g/mol. The second-order valence-electron chi connectivity index (χ2n) is 6.25. The van der Waals surface area contributed by atoms with Gasteiger partial charge in [0.1, 0.15) is 0 Å². The Kier molecular flexibility index (Phi) is 6.06. The molecule has 1 aromatic carbocycles. The summed E-state index contributed by atoms with van der Waals surface area (Å²) in [4.78, 5) is 2.54. The summed E-state index contributed by atoms with van der Waals surface area (Å²) in [5, 5.41) is 0. The van der Waals surface area contributed by atoms with Gasteiger partial charge in [0.15, 0.2) is 0 Å². The van der Waals surface area contributed by atoms with E-state index in [0.717, 1.165) is 12.5 Å². The summed E-state index contributed by atoms with van der Waals surface area (Å²) >= 11 is 0. The molecule has 0 saturated carbocycles. The lowest BCUT2D eigenvalue weighted by Gasteiger charge is -2.33. The zero-order chi connectivity index (χ0) is 14.4. The lowest BCUT2D eigenvalue weighted by atomic mass is 9.94. The Morgan fingerprint density at radius 3 is 2.35 bits per heavy atom. The number of hydrogen-bond acceptors (Lipinski definition) is 2. The fourth-order valence-electron chi connectivity index (χ4n) is 3.18. The van der Waals surface area contributed by atoms with Crippen molar-refractivity contribution in [3.05, 3.63) is 35.4 Å². The zero-order valence-electron chi connectivity index (χ0n) is 13.1. The van der Waals surface area contributed by atoms with Gasteiger partial charge in [-0.15, -0.1) is 0 Å². The minimum absolute atomic E-state index is 0.156. The molecule has 1 heterocycles. The Morgan fingerprint density at radius 1 is 1.15 bits per heavy atom. The van der Waals surface area contributed by atoms with E-state index in [1.165, 1.54) is 56.3 Å². The van der Waals surface area contributed by atoms with Crippen LogP contribution in [0.15, 0.2) is 24.3 Å². The molecule has 0 radical (unpaired) electrons. The Morgan fingerprint density at radius 2 is 1.80 bits per heavy atom. The minimum atomic E-state index is 0.156. The van der Waals surface area contributed by atoms with Gasteiger partial charge in [-0.25, -0.2) is 0 Å². The van der Waals surface area contributed by atoms with Crippen LogP contribution in [0, 0.1) is 5.92 Å². The van der Waals surface area contributed by atoms with Crippen LogP contribution in [-0.2, 0) is 6.42 Å². The maximum atomic E-state index is 6.38. The number of benzene rings is 1. The molecule has 1 aliphatic heterocycles. The van der Waals surface area contributed by atoms with Gasteiger partial charge in [-0.2, -0.15) is 0 Å². The second kappa shape index (κ2) is 7.80. The minimum Gasteiger partial charge on any atom is -0.323 e. The van der Waals surface area contributed by atoms with Crippen molar-refractivity contribution in [3.8, 4) is 0 Å². The van der Waals surface area contributed by atoms with E-state index in [2.05, 4.69) is 43.0 Å².